The number of anilines is 1. The number of hydrogen-bond acceptors (Lipinski definition) is 4. The number of carbonyl (C=O) groups excluding carboxylic acids is 1. The Kier molecular flexibility index (Phi) is 3.82. The van der Waals surface area contributed by atoms with Crippen molar-refractivity contribution < 1.29 is 4.79 Å². The van der Waals surface area contributed by atoms with Gasteiger partial charge in [0.05, 0.1) is 11.1 Å². The molecular weight excluding hydrogens is 316 g/mol. The van der Waals surface area contributed by atoms with Crippen LogP contribution in [0.4, 0.5) is 5.69 Å². The van der Waals surface area contributed by atoms with Crippen molar-refractivity contribution in [2.45, 2.75) is 6.42 Å². The molecule has 2 aromatic carbocycles. The summed E-state index contributed by atoms with van der Waals surface area (Å²) < 4.78 is 0. The summed E-state index contributed by atoms with van der Waals surface area (Å²) in [5.41, 5.74) is 7.60. The number of benzene rings is 2. The normalized spacial score (nSPS) is 18.9. The predicted octanol–water partition coefficient (Wildman–Crippen LogP) is 2.12. The molecule has 2 unspecified atom stereocenters. The van der Waals surface area contributed by atoms with Crippen molar-refractivity contribution in [3.8, 4) is 11.3 Å². The second kappa shape index (κ2) is 6.14. The standard InChI is InChI=1S/C19H18N4O2/c20-10-12-9-16(12)18(24)21-13-5-3-4-11(8-13)17-14-6-1-2-7-15(14)19(25)23-22-17/h1-8,12,16H,9-10,20H2,(H,21,24)(H,23,25). The molecule has 126 valence electrons. The maximum absolute atomic E-state index is 12.2. The van der Waals surface area contributed by atoms with Gasteiger partial charge in [0.2, 0.25) is 5.91 Å². The van der Waals surface area contributed by atoms with Crippen LogP contribution in [0.2, 0.25) is 0 Å². The van der Waals surface area contributed by atoms with Gasteiger partial charge in [-0.3, -0.25) is 9.59 Å². The minimum atomic E-state index is -0.217. The van der Waals surface area contributed by atoms with E-state index in [9.17, 15) is 9.59 Å². The molecule has 1 aliphatic rings. The summed E-state index contributed by atoms with van der Waals surface area (Å²) in [6.07, 6.45) is 0.855. The molecule has 1 amide bonds. The van der Waals surface area contributed by atoms with Gasteiger partial charge in [-0.2, -0.15) is 5.10 Å². The van der Waals surface area contributed by atoms with Crippen LogP contribution in [-0.2, 0) is 4.79 Å². The summed E-state index contributed by atoms with van der Waals surface area (Å²) in [5.74, 6) is 0.320. The number of H-pyrrole nitrogens is 1. The number of carbonyl (C=O) groups is 1. The third-order valence-electron chi connectivity index (χ3n) is 4.66. The van der Waals surface area contributed by atoms with Crippen LogP contribution >= 0.6 is 0 Å². The van der Waals surface area contributed by atoms with Gasteiger partial charge in [0.15, 0.2) is 0 Å². The van der Waals surface area contributed by atoms with Crippen molar-refractivity contribution in [2.24, 2.45) is 17.6 Å². The number of nitrogens with two attached hydrogens (primary N) is 1. The largest absolute Gasteiger partial charge is 0.330 e. The van der Waals surface area contributed by atoms with Gasteiger partial charge in [0.25, 0.3) is 5.56 Å². The summed E-state index contributed by atoms with van der Waals surface area (Å²) in [6, 6.07) is 14.8. The zero-order valence-corrected chi connectivity index (χ0v) is 13.5. The minimum Gasteiger partial charge on any atom is -0.330 e. The molecule has 1 aromatic heterocycles. The lowest BCUT2D eigenvalue weighted by atomic mass is 10.0. The lowest BCUT2D eigenvalue weighted by molar-refractivity contribution is -0.117. The Morgan fingerprint density at radius 2 is 2.00 bits per heavy atom. The van der Waals surface area contributed by atoms with Crippen molar-refractivity contribution in [1.82, 2.24) is 10.2 Å². The second-order valence-electron chi connectivity index (χ2n) is 6.35. The molecule has 4 N–H and O–H groups in total. The smallest absolute Gasteiger partial charge is 0.272 e. The maximum atomic E-state index is 12.2. The van der Waals surface area contributed by atoms with Gasteiger partial charge in [-0.05, 0) is 37.1 Å². The van der Waals surface area contributed by atoms with E-state index in [1.54, 1.807) is 6.07 Å². The van der Waals surface area contributed by atoms with Crippen molar-refractivity contribution in [2.75, 3.05) is 11.9 Å². The summed E-state index contributed by atoms with van der Waals surface area (Å²) in [4.78, 5) is 24.1. The van der Waals surface area contributed by atoms with Crippen LogP contribution < -0.4 is 16.6 Å². The second-order valence-corrected chi connectivity index (χ2v) is 6.35. The zero-order chi connectivity index (χ0) is 17.4. The van der Waals surface area contributed by atoms with Gasteiger partial charge in [0.1, 0.15) is 0 Å². The van der Waals surface area contributed by atoms with E-state index in [-0.39, 0.29) is 17.4 Å². The summed E-state index contributed by atoms with van der Waals surface area (Å²) in [7, 11) is 0. The molecule has 0 aliphatic heterocycles. The lowest BCUT2D eigenvalue weighted by Crippen LogP contribution is -2.17. The molecule has 6 heteroatoms. The van der Waals surface area contributed by atoms with Crippen LogP contribution in [0, 0.1) is 11.8 Å². The third-order valence-corrected chi connectivity index (χ3v) is 4.66. The first kappa shape index (κ1) is 15.5. The van der Waals surface area contributed by atoms with Crippen LogP contribution in [0.5, 0.6) is 0 Å². The number of fused-ring (bicyclic) bond motifs is 1. The van der Waals surface area contributed by atoms with Gasteiger partial charge in [-0.25, -0.2) is 5.10 Å². The van der Waals surface area contributed by atoms with Crippen LogP contribution in [0.25, 0.3) is 22.0 Å². The van der Waals surface area contributed by atoms with Gasteiger partial charge >= 0.3 is 0 Å². The molecule has 6 nitrogen and oxygen atoms in total. The quantitative estimate of drug-likeness (QED) is 0.680. The van der Waals surface area contributed by atoms with E-state index in [2.05, 4.69) is 15.5 Å². The number of nitrogens with one attached hydrogen (secondary N) is 2. The van der Waals surface area contributed by atoms with Crippen molar-refractivity contribution in [1.29, 1.82) is 0 Å². The number of hydrogen-bond donors (Lipinski definition) is 3. The van der Waals surface area contributed by atoms with Crippen LogP contribution in [0.1, 0.15) is 6.42 Å². The van der Waals surface area contributed by atoms with Crippen LogP contribution in [0.15, 0.2) is 53.3 Å². The molecule has 1 fully saturated rings. The van der Waals surface area contributed by atoms with Crippen molar-refractivity contribution in [3.63, 3.8) is 0 Å². The molecule has 4 rings (SSSR count). The van der Waals surface area contributed by atoms with E-state index >= 15 is 0 Å². The van der Waals surface area contributed by atoms with E-state index in [0.717, 1.165) is 17.4 Å². The van der Waals surface area contributed by atoms with Gasteiger partial charge in [0, 0.05) is 22.6 Å². The number of amides is 1. The first-order valence-electron chi connectivity index (χ1n) is 8.26. The van der Waals surface area contributed by atoms with E-state index < -0.39 is 0 Å². The van der Waals surface area contributed by atoms with E-state index in [4.69, 9.17) is 5.73 Å². The highest BCUT2D eigenvalue weighted by Crippen LogP contribution is 2.38. The van der Waals surface area contributed by atoms with E-state index in [1.165, 1.54) is 0 Å². The average Bonchev–Trinajstić information content (AvgIpc) is 3.43. The molecule has 2 atom stereocenters. The Hall–Kier alpha value is -2.99. The molecule has 25 heavy (non-hydrogen) atoms. The number of aromatic amines is 1. The van der Waals surface area contributed by atoms with Gasteiger partial charge in [-0.1, -0.05) is 30.3 Å². The number of nitrogens with zero attached hydrogens (tertiary/aromatic N) is 1. The summed E-state index contributed by atoms with van der Waals surface area (Å²) in [6.45, 7) is 0.547. The average molecular weight is 334 g/mol. The SMILES string of the molecule is NCC1CC1C(=O)Nc1cccc(-c2n[nH]c(=O)c3ccccc23)c1. The molecule has 1 aliphatic carbocycles. The van der Waals surface area contributed by atoms with Crippen LogP contribution in [0.3, 0.4) is 0 Å². The number of aromatic nitrogens is 2. The summed E-state index contributed by atoms with van der Waals surface area (Å²) in [5, 5.41) is 11.0. The predicted molar refractivity (Wildman–Crippen MR) is 97.1 cm³/mol. The van der Waals surface area contributed by atoms with Crippen molar-refractivity contribution >= 4 is 22.4 Å². The first-order valence-corrected chi connectivity index (χ1v) is 8.26. The molecule has 1 heterocycles. The Morgan fingerprint density at radius 1 is 1.20 bits per heavy atom. The highest BCUT2D eigenvalue weighted by Gasteiger charge is 2.41. The summed E-state index contributed by atoms with van der Waals surface area (Å²) >= 11 is 0. The first-order chi connectivity index (χ1) is 12.2. The molecule has 3 aromatic rings. The highest BCUT2D eigenvalue weighted by atomic mass is 16.2. The fraction of sp³-hybridized carbons (Fsp3) is 0.211. The Balaban J connectivity index is 1.67. The highest BCUT2D eigenvalue weighted by molar-refractivity contribution is 5.97. The van der Waals surface area contributed by atoms with Gasteiger partial charge in [-0.15, -0.1) is 0 Å². The fourth-order valence-electron chi connectivity index (χ4n) is 3.14. The van der Waals surface area contributed by atoms with Crippen LogP contribution in [-0.4, -0.2) is 22.6 Å². The van der Waals surface area contributed by atoms with E-state index in [1.807, 2.05) is 42.5 Å². The van der Waals surface area contributed by atoms with Crippen molar-refractivity contribution in [3.05, 3.63) is 58.9 Å². The maximum Gasteiger partial charge on any atom is 0.272 e. The molecule has 0 saturated heterocycles. The monoisotopic (exact) mass is 334 g/mol. The fourth-order valence-corrected chi connectivity index (χ4v) is 3.14. The minimum absolute atomic E-state index is 0.00638. The molecule has 0 spiro atoms. The topological polar surface area (TPSA) is 101 Å². The molecule has 1 saturated carbocycles. The Labute approximate surface area is 144 Å². The lowest BCUT2D eigenvalue weighted by Gasteiger charge is -2.09. The van der Waals surface area contributed by atoms with Gasteiger partial charge < -0.3 is 11.1 Å². The number of rotatable bonds is 4. The molecule has 0 radical (unpaired) electrons. The Bertz CT molecular complexity index is 1010. The third kappa shape index (κ3) is 2.92. The Morgan fingerprint density at radius 3 is 2.76 bits per heavy atom. The van der Waals surface area contributed by atoms with E-state index in [0.29, 0.717) is 29.2 Å². The zero-order valence-electron chi connectivity index (χ0n) is 13.5. The molecule has 0 bridgehead atoms. The molecular formula is C19H18N4O2.